The Morgan fingerprint density at radius 1 is 1.40 bits per heavy atom. The van der Waals surface area contributed by atoms with Crippen molar-refractivity contribution in [2.75, 3.05) is 20.7 Å². The number of carbonyl (C=O) groups excluding carboxylic acids is 1. The van der Waals surface area contributed by atoms with Gasteiger partial charge in [-0.05, 0) is 24.3 Å². The van der Waals surface area contributed by atoms with Gasteiger partial charge >= 0.3 is 0 Å². The predicted octanol–water partition coefficient (Wildman–Crippen LogP) is 0.628. The van der Waals surface area contributed by atoms with Crippen LogP contribution in [0, 0.1) is 0 Å². The van der Waals surface area contributed by atoms with E-state index in [-0.39, 0.29) is 5.91 Å². The molecule has 6 heteroatoms. The van der Waals surface area contributed by atoms with Crippen molar-refractivity contribution in [3.8, 4) is 16.3 Å². The monoisotopic (exact) mass is 292 g/mol. The summed E-state index contributed by atoms with van der Waals surface area (Å²) in [4.78, 5) is 15.7. The van der Waals surface area contributed by atoms with Crippen molar-refractivity contribution < 1.29 is 14.8 Å². The van der Waals surface area contributed by atoms with Gasteiger partial charge in [0.25, 0.3) is 5.91 Å². The first kappa shape index (κ1) is 14.5. The van der Waals surface area contributed by atoms with Crippen LogP contribution in [0.3, 0.4) is 0 Å². The van der Waals surface area contributed by atoms with Crippen LogP contribution in [0.4, 0.5) is 0 Å². The van der Waals surface area contributed by atoms with Crippen LogP contribution in [0.15, 0.2) is 29.6 Å². The molecule has 0 aliphatic heterocycles. The van der Waals surface area contributed by atoms with Gasteiger partial charge in [-0.2, -0.15) is 0 Å². The van der Waals surface area contributed by atoms with E-state index < -0.39 is 0 Å². The number of ether oxygens (including phenoxy) is 1. The maximum Gasteiger partial charge on any atom is 0.274 e. The first-order chi connectivity index (χ1) is 9.72. The molecule has 0 saturated heterocycles. The van der Waals surface area contributed by atoms with E-state index in [1.165, 1.54) is 0 Å². The van der Waals surface area contributed by atoms with Crippen LogP contribution in [-0.2, 0) is 11.3 Å². The highest BCUT2D eigenvalue weighted by atomic mass is 32.1. The molecule has 0 radical (unpaired) electrons. The number of aromatic nitrogens is 1. The molecule has 1 heterocycles. The second-order valence-electron chi connectivity index (χ2n) is 4.24. The molecule has 106 valence electrons. The molecule has 0 aliphatic carbocycles. The van der Waals surface area contributed by atoms with Crippen molar-refractivity contribution in [3.63, 3.8) is 0 Å². The zero-order valence-corrected chi connectivity index (χ0v) is 12.4. The maximum atomic E-state index is 11.1. The number of quaternary nitrogens is 1. The van der Waals surface area contributed by atoms with Crippen molar-refractivity contribution in [1.29, 1.82) is 0 Å². The summed E-state index contributed by atoms with van der Waals surface area (Å²) in [5.41, 5.74) is 2.07. The van der Waals surface area contributed by atoms with Crippen molar-refractivity contribution in [2.24, 2.45) is 0 Å². The van der Waals surface area contributed by atoms with Gasteiger partial charge in [0, 0.05) is 18.0 Å². The molecular weight excluding hydrogens is 274 g/mol. The Kier molecular flexibility index (Phi) is 5.09. The lowest BCUT2D eigenvalue weighted by molar-refractivity contribution is -0.660. The van der Waals surface area contributed by atoms with E-state index in [1.807, 2.05) is 35.0 Å². The largest absolute Gasteiger partial charge is 0.497 e. The highest BCUT2D eigenvalue weighted by Crippen LogP contribution is 2.25. The lowest BCUT2D eigenvalue weighted by atomic mass is 10.2. The van der Waals surface area contributed by atoms with E-state index in [0.717, 1.165) is 22.0 Å². The molecule has 2 rings (SSSR count). The second kappa shape index (κ2) is 7.02. The Morgan fingerprint density at radius 2 is 2.15 bits per heavy atom. The summed E-state index contributed by atoms with van der Waals surface area (Å²) < 4.78 is 5.14. The standard InChI is InChI=1S/C14H17N3O2S/c1-15-13(18)8-16-7-11-9-20-14(17-11)10-3-5-12(19-2)6-4-10/h3-6,9,16H,7-8H2,1-2H3,(H,15,18)/p+1. The lowest BCUT2D eigenvalue weighted by Gasteiger charge is -2.00. The lowest BCUT2D eigenvalue weighted by Crippen LogP contribution is -2.85. The van der Waals surface area contributed by atoms with E-state index in [4.69, 9.17) is 4.74 Å². The minimum atomic E-state index is 0.0237. The fourth-order valence-electron chi connectivity index (χ4n) is 1.72. The molecule has 0 unspecified atom stereocenters. The summed E-state index contributed by atoms with van der Waals surface area (Å²) in [5.74, 6) is 0.861. The number of amides is 1. The van der Waals surface area contributed by atoms with Crippen molar-refractivity contribution in [3.05, 3.63) is 35.3 Å². The van der Waals surface area contributed by atoms with E-state index in [2.05, 4.69) is 10.3 Å². The third kappa shape index (κ3) is 3.79. The Balaban J connectivity index is 1.95. The molecule has 3 N–H and O–H groups in total. The summed E-state index contributed by atoms with van der Waals surface area (Å²) in [5, 5.41) is 7.54. The minimum Gasteiger partial charge on any atom is -0.497 e. The fourth-order valence-corrected chi connectivity index (χ4v) is 2.56. The van der Waals surface area contributed by atoms with E-state index in [0.29, 0.717) is 13.1 Å². The smallest absolute Gasteiger partial charge is 0.274 e. The zero-order chi connectivity index (χ0) is 14.4. The SMILES string of the molecule is CNC(=O)C[NH2+]Cc1csc(-c2ccc(OC)cc2)n1. The third-order valence-electron chi connectivity index (χ3n) is 2.85. The highest BCUT2D eigenvalue weighted by molar-refractivity contribution is 7.13. The molecule has 1 aromatic carbocycles. The Labute approximate surface area is 122 Å². The summed E-state index contributed by atoms with van der Waals surface area (Å²) in [7, 11) is 3.29. The van der Waals surface area contributed by atoms with Gasteiger partial charge in [-0.25, -0.2) is 4.98 Å². The van der Waals surface area contributed by atoms with Gasteiger partial charge in [-0.1, -0.05) is 0 Å². The molecule has 0 atom stereocenters. The molecular formula is C14H18N3O2S+. The van der Waals surface area contributed by atoms with Crippen LogP contribution >= 0.6 is 11.3 Å². The quantitative estimate of drug-likeness (QED) is 0.820. The van der Waals surface area contributed by atoms with Crippen molar-refractivity contribution in [2.45, 2.75) is 6.54 Å². The number of thiazole rings is 1. The molecule has 20 heavy (non-hydrogen) atoms. The topological polar surface area (TPSA) is 67.8 Å². The molecule has 0 saturated carbocycles. The molecule has 1 aromatic heterocycles. The molecule has 0 fully saturated rings. The second-order valence-corrected chi connectivity index (χ2v) is 5.10. The van der Waals surface area contributed by atoms with Gasteiger partial charge in [-0.15, -0.1) is 11.3 Å². The average molecular weight is 292 g/mol. The number of nitrogens with one attached hydrogen (secondary N) is 1. The molecule has 1 amide bonds. The molecule has 0 spiro atoms. The van der Waals surface area contributed by atoms with Gasteiger partial charge in [0.1, 0.15) is 23.0 Å². The predicted molar refractivity (Wildman–Crippen MR) is 78.7 cm³/mol. The van der Waals surface area contributed by atoms with Crippen molar-refractivity contribution in [1.82, 2.24) is 10.3 Å². The van der Waals surface area contributed by atoms with Crippen LogP contribution in [0.25, 0.3) is 10.6 Å². The normalized spacial score (nSPS) is 10.3. The van der Waals surface area contributed by atoms with Crippen LogP contribution in [0.5, 0.6) is 5.75 Å². The highest BCUT2D eigenvalue weighted by Gasteiger charge is 2.07. The third-order valence-corrected chi connectivity index (χ3v) is 3.79. The Hall–Kier alpha value is -1.92. The molecule has 5 nitrogen and oxygen atoms in total. The van der Waals surface area contributed by atoms with Gasteiger partial charge in [-0.3, -0.25) is 4.79 Å². The van der Waals surface area contributed by atoms with E-state index >= 15 is 0 Å². The van der Waals surface area contributed by atoms with Gasteiger partial charge in [0.05, 0.1) is 7.11 Å². The van der Waals surface area contributed by atoms with Crippen LogP contribution in [0.1, 0.15) is 5.69 Å². The average Bonchev–Trinajstić information content (AvgIpc) is 2.96. The van der Waals surface area contributed by atoms with Crippen LogP contribution in [-0.4, -0.2) is 31.6 Å². The number of benzene rings is 1. The zero-order valence-electron chi connectivity index (χ0n) is 11.6. The first-order valence-electron chi connectivity index (χ1n) is 6.34. The molecule has 2 aromatic rings. The fraction of sp³-hybridized carbons (Fsp3) is 0.286. The number of hydrogen-bond acceptors (Lipinski definition) is 4. The molecule has 0 bridgehead atoms. The van der Waals surface area contributed by atoms with E-state index in [9.17, 15) is 4.79 Å². The molecule has 0 aliphatic rings. The van der Waals surface area contributed by atoms with Gasteiger partial charge in [0.2, 0.25) is 0 Å². The first-order valence-corrected chi connectivity index (χ1v) is 7.22. The number of hydrogen-bond donors (Lipinski definition) is 2. The van der Waals surface area contributed by atoms with Gasteiger partial charge < -0.3 is 15.4 Å². The summed E-state index contributed by atoms with van der Waals surface area (Å²) in [6.45, 7) is 1.13. The van der Waals surface area contributed by atoms with Crippen molar-refractivity contribution >= 4 is 17.2 Å². The maximum absolute atomic E-state index is 11.1. The number of nitrogens with two attached hydrogens (primary N) is 1. The number of likely N-dealkylation sites (N-methyl/N-ethyl adjacent to an activating group) is 1. The summed E-state index contributed by atoms with van der Waals surface area (Å²) in [6, 6.07) is 7.84. The van der Waals surface area contributed by atoms with E-state index in [1.54, 1.807) is 25.5 Å². The van der Waals surface area contributed by atoms with Gasteiger partial charge in [0.15, 0.2) is 6.54 Å². The number of nitrogens with zero attached hydrogens (tertiary/aromatic N) is 1. The van der Waals surface area contributed by atoms with Crippen LogP contribution in [0.2, 0.25) is 0 Å². The Morgan fingerprint density at radius 3 is 2.80 bits per heavy atom. The number of methoxy groups -OCH3 is 1. The number of rotatable bonds is 6. The van der Waals surface area contributed by atoms with Crippen LogP contribution < -0.4 is 15.4 Å². The summed E-state index contributed by atoms with van der Waals surface area (Å²) >= 11 is 1.61. The number of carbonyl (C=O) groups is 1. The Bertz CT molecular complexity index is 566. The minimum absolute atomic E-state index is 0.0237. The summed E-state index contributed by atoms with van der Waals surface area (Å²) in [6.07, 6.45) is 0.